The molecule has 0 radical (unpaired) electrons. The Bertz CT molecular complexity index is 892. The number of benzene rings is 1. The van der Waals surface area contributed by atoms with Gasteiger partial charge in [-0.1, -0.05) is 30.1 Å². The van der Waals surface area contributed by atoms with Gasteiger partial charge in [0, 0.05) is 9.90 Å². The molecule has 1 atom stereocenters. The maximum absolute atomic E-state index is 12.7. The van der Waals surface area contributed by atoms with Crippen LogP contribution in [0, 0.1) is 5.92 Å². The lowest BCUT2D eigenvalue weighted by molar-refractivity contribution is 0.0378. The van der Waals surface area contributed by atoms with Crippen molar-refractivity contribution in [3.05, 3.63) is 49.8 Å². The Balaban J connectivity index is 1.96. The molecule has 1 aromatic heterocycles. The van der Waals surface area contributed by atoms with E-state index in [-0.39, 0.29) is 17.0 Å². The molecule has 2 aromatic rings. The van der Waals surface area contributed by atoms with Gasteiger partial charge in [0.05, 0.1) is 22.3 Å². The lowest BCUT2D eigenvalue weighted by atomic mass is 9.88. The Labute approximate surface area is 172 Å². The van der Waals surface area contributed by atoms with E-state index in [4.69, 9.17) is 27.9 Å². The first-order valence-electron chi connectivity index (χ1n) is 8.88. The fourth-order valence-electron chi connectivity index (χ4n) is 3.17. The number of carbonyl (C=O) groups is 2. The van der Waals surface area contributed by atoms with E-state index in [9.17, 15) is 9.59 Å². The number of nitrogens with one attached hydrogen (secondary N) is 1. The van der Waals surface area contributed by atoms with Gasteiger partial charge in [0.25, 0.3) is 5.91 Å². The largest absolute Gasteiger partial charge is 0.459 e. The van der Waals surface area contributed by atoms with Gasteiger partial charge in [-0.3, -0.25) is 4.79 Å². The molecule has 7 heteroatoms. The summed E-state index contributed by atoms with van der Waals surface area (Å²) in [4.78, 5) is 26.6. The molecule has 0 bridgehead atoms. The van der Waals surface area contributed by atoms with Gasteiger partial charge >= 0.3 is 5.97 Å². The van der Waals surface area contributed by atoms with Crippen LogP contribution in [0.4, 0.5) is 5.00 Å². The van der Waals surface area contributed by atoms with Crippen LogP contribution >= 0.6 is 34.5 Å². The minimum Gasteiger partial charge on any atom is -0.459 e. The molecule has 144 valence electrons. The van der Waals surface area contributed by atoms with Gasteiger partial charge in [-0.25, -0.2) is 4.79 Å². The van der Waals surface area contributed by atoms with Gasteiger partial charge in [-0.05, 0) is 62.8 Å². The van der Waals surface area contributed by atoms with Crippen LogP contribution in [0.1, 0.15) is 58.3 Å². The van der Waals surface area contributed by atoms with E-state index >= 15 is 0 Å². The summed E-state index contributed by atoms with van der Waals surface area (Å²) < 4.78 is 5.43. The van der Waals surface area contributed by atoms with Gasteiger partial charge in [-0.15, -0.1) is 11.3 Å². The highest BCUT2D eigenvalue weighted by molar-refractivity contribution is 7.17. The van der Waals surface area contributed by atoms with E-state index in [1.165, 1.54) is 17.4 Å². The van der Waals surface area contributed by atoms with Crippen molar-refractivity contribution >= 4 is 51.4 Å². The van der Waals surface area contributed by atoms with Crippen LogP contribution < -0.4 is 5.32 Å². The number of hydrogen-bond acceptors (Lipinski definition) is 4. The zero-order valence-electron chi connectivity index (χ0n) is 15.4. The van der Waals surface area contributed by atoms with E-state index < -0.39 is 5.97 Å². The van der Waals surface area contributed by atoms with Crippen LogP contribution in [-0.2, 0) is 17.6 Å². The zero-order chi connectivity index (χ0) is 19.7. The van der Waals surface area contributed by atoms with E-state index in [0.717, 1.165) is 29.7 Å². The average molecular weight is 426 g/mol. The third-order valence-electron chi connectivity index (χ3n) is 4.46. The van der Waals surface area contributed by atoms with Crippen molar-refractivity contribution in [3.63, 3.8) is 0 Å². The number of esters is 1. The molecule has 1 aromatic carbocycles. The third-order valence-corrected chi connectivity index (χ3v) is 6.18. The lowest BCUT2D eigenvalue weighted by Gasteiger charge is -2.18. The van der Waals surface area contributed by atoms with Crippen molar-refractivity contribution < 1.29 is 14.3 Å². The number of amides is 1. The molecule has 0 fully saturated rings. The third kappa shape index (κ3) is 4.48. The highest BCUT2D eigenvalue weighted by Gasteiger charge is 2.30. The highest BCUT2D eigenvalue weighted by atomic mass is 35.5. The number of anilines is 1. The molecular weight excluding hydrogens is 405 g/mol. The van der Waals surface area contributed by atoms with Crippen LogP contribution in [-0.4, -0.2) is 18.0 Å². The molecule has 3 rings (SSSR count). The van der Waals surface area contributed by atoms with Crippen LogP contribution in [0.3, 0.4) is 0 Å². The van der Waals surface area contributed by atoms with Crippen LogP contribution in [0.15, 0.2) is 18.2 Å². The summed E-state index contributed by atoms with van der Waals surface area (Å²) in [7, 11) is 0. The predicted molar refractivity (Wildman–Crippen MR) is 110 cm³/mol. The molecule has 1 N–H and O–H groups in total. The topological polar surface area (TPSA) is 55.4 Å². The summed E-state index contributed by atoms with van der Waals surface area (Å²) >= 11 is 13.5. The van der Waals surface area contributed by atoms with Crippen molar-refractivity contribution in [2.24, 2.45) is 5.92 Å². The summed E-state index contributed by atoms with van der Waals surface area (Å²) in [5.41, 5.74) is 1.79. The lowest BCUT2D eigenvalue weighted by Crippen LogP contribution is -2.18. The van der Waals surface area contributed by atoms with Crippen molar-refractivity contribution in [3.8, 4) is 0 Å². The van der Waals surface area contributed by atoms with Crippen molar-refractivity contribution in [1.29, 1.82) is 0 Å². The maximum Gasteiger partial charge on any atom is 0.341 e. The van der Waals surface area contributed by atoms with Crippen molar-refractivity contribution in [2.45, 2.75) is 46.1 Å². The number of carbonyl (C=O) groups excluding carboxylic acids is 2. The Morgan fingerprint density at radius 1 is 1.30 bits per heavy atom. The van der Waals surface area contributed by atoms with E-state index in [1.54, 1.807) is 12.1 Å². The SMILES string of the molecule is CC(C)OC(=O)c1c(NC(=O)c2ccc(Cl)cc2Cl)sc2c1CC[C@@H](C)C2. The van der Waals surface area contributed by atoms with Crippen LogP contribution in [0.5, 0.6) is 0 Å². The molecule has 4 nitrogen and oxygen atoms in total. The molecule has 1 aliphatic rings. The average Bonchev–Trinajstić information content (AvgIpc) is 2.90. The first-order chi connectivity index (χ1) is 12.8. The second-order valence-electron chi connectivity index (χ2n) is 7.09. The number of halogens is 2. The first-order valence-corrected chi connectivity index (χ1v) is 10.5. The smallest absolute Gasteiger partial charge is 0.341 e. The monoisotopic (exact) mass is 425 g/mol. The molecule has 1 aliphatic carbocycles. The van der Waals surface area contributed by atoms with Crippen molar-refractivity contribution in [1.82, 2.24) is 0 Å². The summed E-state index contributed by atoms with van der Waals surface area (Å²) in [6.07, 6.45) is 2.50. The second-order valence-corrected chi connectivity index (χ2v) is 9.04. The van der Waals surface area contributed by atoms with Gasteiger partial charge < -0.3 is 10.1 Å². The summed E-state index contributed by atoms with van der Waals surface area (Å²) in [6, 6.07) is 4.70. The summed E-state index contributed by atoms with van der Waals surface area (Å²) in [5, 5.41) is 4.11. The highest BCUT2D eigenvalue weighted by Crippen LogP contribution is 2.40. The van der Waals surface area contributed by atoms with Gasteiger partial charge in [-0.2, -0.15) is 0 Å². The van der Waals surface area contributed by atoms with Gasteiger partial charge in [0.15, 0.2) is 0 Å². The Kier molecular flexibility index (Phi) is 6.14. The fraction of sp³-hybridized carbons (Fsp3) is 0.400. The van der Waals surface area contributed by atoms with E-state index in [0.29, 0.717) is 27.1 Å². The Hall–Kier alpha value is -1.56. The standard InChI is InChI=1S/C20H21Cl2NO3S/c1-10(2)26-20(25)17-14-6-4-11(3)8-16(14)27-19(17)23-18(24)13-7-5-12(21)9-15(13)22/h5,7,9-11H,4,6,8H2,1-3H3,(H,23,24)/t11-/m1/s1. The second kappa shape index (κ2) is 8.21. The van der Waals surface area contributed by atoms with Gasteiger partial charge in [0.1, 0.15) is 5.00 Å². The van der Waals surface area contributed by atoms with E-state index in [2.05, 4.69) is 12.2 Å². The number of fused-ring (bicyclic) bond motifs is 1. The van der Waals surface area contributed by atoms with Crippen molar-refractivity contribution in [2.75, 3.05) is 5.32 Å². The Morgan fingerprint density at radius 3 is 2.70 bits per heavy atom. The number of hydrogen-bond donors (Lipinski definition) is 1. The molecular formula is C20H21Cl2NO3S. The summed E-state index contributed by atoms with van der Waals surface area (Å²) in [6.45, 7) is 5.82. The molecule has 27 heavy (non-hydrogen) atoms. The Morgan fingerprint density at radius 2 is 2.04 bits per heavy atom. The zero-order valence-corrected chi connectivity index (χ0v) is 17.7. The molecule has 0 aliphatic heterocycles. The molecule has 0 unspecified atom stereocenters. The minimum atomic E-state index is -0.394. The molecule has 0 saturated heterocycles. The maximum atomic E-state index is 12.7. The number of thiophene rings is 1. The normalized spacial score (nSPS) is 16.1. The fourth-order valence-corrected chi connectivity index (χ4v) is 5.06. The van der Waals surface area contributed by atoms with Crippen LogP contribution in [0.25, 0.3) is 0 Å². The quantitative estimate of drug-likeness (QED) is 0.611. The number of rotatable bonds is 4. The predicted octanol–water partition coefficient (Wildman–Crippen LogP) is 6.00. The number of ether oxygens (including phenoxy) is 1. The summed E-state index contributed by atoms with van der Waals surface area (Å²) in [5.74, 6) is -0.212. The first kappa shape index (κ1) is 20.2. The van der Waals surface area contributed by atoms with Gasteiger partial charge in [0.2, 0.25) is 0 Å². The molecule has 1 amide bonds. The van der Waals surface area contributed by atoms with Crippen LogP contribution in [0.2, 0.25) is 10.0 Å². The van der Waals surface area contributed by atoms with E-state index in [1.807, 2.05) is 13.8 Å². The molecule has 1 heterocycles. The molecule has 0 spiro atoms. The minimum absolute atomic E-state index is 0.232. The molecule has 0 saturated carbocycles.